The number of carbonyl (C=O) groups excluding carboxylic acids is 3. The highest BCUT2D eigenvalue weighted by Gasteiger charge is 2.14. The van der Waals surface area contributed by atoms with Crippen molar-refractivity contribution < 1.29 is 43.2 Å². The molecule has 0 heterocycles. The van der Waals surface area contributed by atoms with Crippen molar-refractivity contribution in [3.63, 3.8) is 0 Å². The summed E-state index contributed by atoms with van der Waals surface area (Å²) in [6.07, 6.45) is 3.92. The van der Waals surface area contributed by atoms with Crippen molar-refractivity contribution in [2.45, 2.75) is 51.9 Å². The highest BCUT2D eigenvalue weighted by Crippen LogP contribution is 2.03. The molecule has 0 radical (unpaired) electrons. The number of rotatable bonds is 18. The van der Waals surface area contributed by atoms with Gasteiger partial charge in [0.25, 0.3) is 0 Å². The number of esters is 2. The second-order valence-electron chi connectivity index (χ2n) is 5.70. The monoisotopic (exact) mass is 390 g/mol. The fraction of sp³-hybridized carbons (Fsp3) is 0.778. The third-order valence-electron chi connectivity index (χ3n) is 3.38. The lowest BCUT2D eigenvalue weighted by molar-refractivity contribution is -0.151. The maximum atomic E-state index is 11.4. The minimum Gasteiger partial charge on any atom is -0.476 e. The van der Waals surface area contributed by atoms with E-state index in [0.29, 0.717) is 19.6 Å². The second kappa shape index (κ2) is 17.4. The van der Waals surface area contributed by atoms with Crippen molar-refractivity contribution in [1.29, 1.82) is 0 Å². The van der Waals surface area contributed by atoms with E-state index in [1.54, 1.807) is 0 Å². The van der Waals surface area contributed by atoms with Gasteiger partial charge < -0.3 is 24.1 Å². The zero-order valence-electron chi connectivity index (χ0n) is 15.9. The number of carboxylic acid groups (broad SMARTS) is 1. The Hall–Kier alpha value is -2.00. The smallest absolute Gasteiger partial charge is 0.372 e. The largest absolute Gasteiger partial charge is 0.476 e. The summed E-state index contributed by atoms with van der Waals surface area (Å²) in [6.45, 7) is 3.38. The number of ether oxygens (including phenoxy) is 4. The number of Topliss-reactive ketones (excluding diaryl/α,β-unsaturated/α-hetero) is 1. The third-order valence-corrected chi connectivity index (χ3v) is 3.38. The summed E-state index contributed by atoms with van der Waals surface area (Å²) in [4.78, 5) is 43.7. The summed E-state index contributed by atoms with van der Waals surface area (Å²) in [5.74, 6) is -3.45. The van der Waals surface area contributed by atoms with E-state index in [1.165, 1.54) is 0 Å². The van der Waals surface area contributed by atoms with E-state index < -0.39 is 17.7 Å². The molecule has 0 saturated heterocycles. The maximum absolute atomic E-state index is 11.4. The normalized spacial score (nSPS) is 10.4. The molecule has 156 valence electrons. The van der Waals surface area contributed by atoms with E-state index in [1.807, 2.05) is 0 Å². The SMILES string of the molecule is CCCCCCC(=O)OCCOCCOCCOC(=O)CCC(=O)C(=O)O. The van der Waals surface area contributed by atoms with E-state index in [2.05, 4.69) is 6.92 Å². The molecule has 9 heteroatoms. The minimum atomic E-state index is -1.56. The van der Waals surface area contributed by atoms with Crippen LogP contribution in [0.4, 0.5) is 0 Å². The topological polar surface area (TPSA) is 125 Å². The molecular weight excluding hydrogens is 360 g/mol. The van der Waals surface area contributed by atoms with Crippen LogP contribution >= 0.6 is 0 Å². The molecule has 0 aliphatic rings. The zero-order valence-corrected chi connectivity index (χ0v) is 15.9. The standard InChI is InChI=1S/C18H30O9/c1-2-3-4-5-6-16(20)26-13-11-24-9-10-25-12-14-27-17(21)8-7-15(19)18(22)23/h2-14H2,1H3,(H,22,23). The summed E-state index contributed by atoms with van der Waals surface area (Å²) < 4.78 is 20.2. The minimum absolute atomic E-state index is 0.00966. The molecule has 0 unspecified atom stereocenters. The molecule has 0 aliphatic carbocycles. The molecule has 0 saturated carbocycles. The van der Waals surface area contributed by atoms with E-state index in [-0.39, 0.29) is 45.2 Å². The molecule has 0 bridgehead atoms. The average molecular weight is 390 g/mol. The molecular formula is C18H30O9. The molecule has 0 aliphatic heterocycles. The lowest BCUT2D eigenvalue weighted by Crippen LogP contribution is -2.17. The van der Waals surface area contributed by atoms with Gasteiger partial charge in [-0.1, -0.05) is 26.2 Å². The molecule has 9 nitrogen and oxygen atoms in total. The van der Waals surface area contributed by atoms with Crippen LogP contribution in [0.25, 0.3) is 0 Å². The first-order chi connectivity index (χ1) is 13.0. The Morgan fingerprint density at radius 1 is 0.667 bits per heavy atom. The van der Waals surface area contributed by atoms with Gasteiger partial charge in [0, 0.05) is 12.8 Å². The maximum Gasteiger partial charge on any atom is 0.372 e. The Labute approximate surface area is 159 Å². The number of carboxylic acids is 1. The predicted octanol–water partition coefficient (Wildman–Crippen LogP) is 1.51. The van der Waals surface area contributed by atoms with Gasteiger partial charge in [-0.05, 0) is 6.42 Å². The van der Waals surface area contributed by atoms with Crippen LogP contribution in [0, 0.1) is 0 Å². The van der Waals surface area contributed by atoms with E-state index in [4.69, 9.17) is 24.1 Å². The molecule has 27 heavy (non-hydrogen) atoms. The van der Waals surface area contributed by atoms with Crippen LogP contribution in [-0.4, -0.2) is 68.4 Å². The van der Waals surface area contributed by atoms with Crippen LogP contribution in [-0.2, 0) is 38.1 Å². The van der Waals surface area contributed by atoms with Gasteiger partial charge in [0.1, 0.15) is 13.2 Å². The molecule has 0 fully saturated rings. The van der Waals surface area contributed by atoms with Crippen LogP contribution in [0.2, 0.25) is 0 Å². The molecule has 0 aromatic heterocycles. The zero-order chi connectivity index (χ0) is 20.3. The molecule has 0 spiro atoms. The van der Waals surface area contributed by atoms with Gasteiger partial charge in [-0.3, -0.25) is 14.4 Å². The number of carbonyl (C=O) groups is 4. The lowest BCUT2D eigenvalue weighted by Gasteiger charge is -2.07. The van der Waals surface area contributed by atoms with Gasteiger partial charge in [-0.2, -0.15) is 0 Å². The first-order valence-electron chi connectivity index (χ1n) is 9.20. The highest BCUT2D eigenvalue weighted by atomic mass is 16.6. The van der Waals surface area contributed by atoms with E-state index in [0.717, 1.165) is 25.7 Å². The number of hydrogen-bond donors (Lipinski definition) is 1. The number of ketones is 1. The summed E-state index contributed by atoms with van der Waals surface area (Å²) in [7, 11) is 0. The summed E-state index contributed by atoms with van der Waals surface area (Å²) in [5.41, 5.74) is 0. The van der Waals surface area contributed by atoms with Crippen LogP contribution in [0.5, 0.6) is 0 Å². The van der Waals surface area contributed by atoms with Gasteiger partial charge in [-0.25, -0.2) is 4.79 Å². The van der Waals surface area contributed by atoms with Crippen molar-refractivity contribution in [1.82, 2.24) is 0 Å². The van der Waals surface area contributed by atoms with Crippen molar-refractivity contribution in [3.8, 4) is 0 Å². The predicted molar refractivity (Wildman–Crippen MR) is 94.2 cm³/mol. The van der Waals surface area contributed by atoms with Gasteiger partial charge >= 0.3 is 17.9 Å². The van der Waals surface area contributed by atoms with Crippen LogP contribution < -0.4 is 0 Å². The number of hydrogen-bond acceptors (Lipinski definition) is 8. The summed E-state index contributed by atoms with van der Waals surface area (Å²) in [5, 5.41) is 8.37. The Kier molecular flexibility index (Phi) is 16.1. The van der Waals surface area contributed by atoms with Crippen molar-refractivity contribution in [2.75, 3.05) is 39.6 Å². The fourth-order valence-corrected chi connectivity index (χ4v) is 1.91. The first-order valence-corrected chi connectivity index (χ1v) is 9.20. The molecule has 1 N–H and O–H groups in total. The quantitative estimate of drug-likeness (QED) is 0.210. The van der Waals surface area contributed by atoms with E-state index >= 15 is 0 Å². The molecule has 0 atom stereocenters. The highest BCUT2D eigenvalue weighted by molar-refractivity contribution is 6.32. The van der Waals surface area contributed by atoms with Gasteiger partial charge in [0.2, 0.25) is 5.78 Å². The fourth-order valence-electron chi connectivity index (χ4n) is 1.91. The summed E-state index contributed by atoms with van der Waals surface area (Å²) >= 11 is 0. The molecule has 0 aromatic rings. The lowest BCUT2D eigenvalue weighted by atomic mass is 10.2. The van der Waals surface area contributed by atoms with Crippen LogP contribution in [0.3, 0.4) is 0 Å². The molecule has 0 aromatic carbocycles. The van der Waals surface area contributed by atoms with Crippen LogP contribution in [0.1, 0.15) is 51.9 Å². The Morgan fingerprint density at radius 2 is 1.19 bits per heavy atom. The van der Waals surface area contributed by atoms with Gasteiger partial charge in [0.15, 0.2) is 0 Å². The van der Waals surface area contributed by atoms with Crippen molar-refractivity contribution in [3.05, 3.63) is 0 Å². The van der Waals surface area contributed by atoms with Gasteiger partial charge in [-0.15, -0.1) is 0 Å². The molecule has 0 amide bonds. The average Bonchev–Trinajstić information content (AvgIpc) is 2.64. The number of unbranched alkanes of at least 4 members (excludes halogenated alkanes) is 3. The Bertz CT molecular complexity index is 448. The van der Waals surface area contributed by atoms with Gasteiger partial charge in [0.05, 0.1) is 32.8 Å². The second-order valence-corrected chi connectivity index (χ2v) is 5.70. The Balaban J connectivity index is 3.33. The Morgan fingerprint density at radius 3 is 1.70 bits per heavy atom. The third kappa shape index (κ3) is 17.2. The van der Waals surface area contributed by atoms with Crippen molar-refractivity contribution in [2.24, 2.45) is 0 Å². The summed E-state index contributed by atoms with van der Waals surface area (Å²) in [6, 6.07) is 0. The van der Waals surface area contributed by atoms with E-state index in [9.17, 15) is 19.2 Å². The van der Waals surface area contributed by atoms with Crippen LogP contribution in [0.15, 0.2) is 0 Å². The molecule has 0 rings (SSSR count). The van der Waals surface area contributed by atoms with Crippen molar-refractivity contribution >= 4 is 23.7 Å². The number of aliphatic carboxylic acids is 1. The first kappa shape index (κ1) is 25.0.